The van der Waals surface area contributed by atoms with Crippen molar-refractivity contribution < 1.29 is 9.53 Å². The zero-order valence-corrected chi connectivity index (χ0v) is 12.0. The van der Waals surface area contributed by atoms with Gasteiger partial charge in [0.05, 0.1) is 7.11 Å². The van der Waals surface area contributed by atoms with Gasteiger partial charge in [-0.1, -0.05) is 12.8 Å². The molecule has 0 bridgehead atoms. The fourth-order valence-electron chi connectivity index (χ4n) is 3.88. The van der Waals surface area contributed by atoms with E-state index in [2.05, 4.69) is 10.2 Å². The lowest BCUT2D eigenvalue weighted by Crippen LogP contribution is -2.61. The Kier molecular flexibility index (Phi) is 3.81. The number of ether oxygens (including phenoxy) is 1. The van der Waals surface area contributed by atoms with Gasteiger partial charge in [-0.2, -0.15) is 0 Å². The summed E-state index contributed by atoms with van der Waals surface area (Å²) in [5, 5.41) is 3.51. The van der Waals surface area contributed by atoms with E-state index in [0.717, 1.165) is 25.3 Å². The second-order valence-corrected chi connectivity index (χ2v) is 6.54. The second kappa shape index (κ2) is 5.41. The van der Waals surface area contributed by atoms with Crippen LogP contribution in [0.2, 0.25) is 0 Å². The summed E-state index contributed by atoms with van der Waals surface area (Å²) < 4.78 is 5.11. The molecule has 1 aliphatic carbocycles. The summed E-state index contributed by atoms with van der Waals surface area (Å²) in [4.78, 5) is 14.9. The van der Waals surface area contributed by atoms with Crippen molar-refractivity contribution in [1.82, 2.24) is 10.2 Å². The van der Waals surface area contributed by atoms with Gasteiger partial charge >= 0.3 is 5.97 Å². The molecule has 4 heteroatoms. The minimum atomic E-state index is -0.401. The topological polar surface area (TPSA) is 41.6 Å². The van der Waals surface area contributed by atoms with Gasteiger partial charge in [0.25, 0.3) is 0 Å². The number of piperidine rings is 1. The first-order valence-electron chi connectivity index (χ1n) is 7.81. The van der Waals surface area contributed by atoms with Gasteiger partial charge in [0, 0.05) is 6.04 Å². The fourth-order valence-corrected chi connectivity index (χ4v) is 3.88. The van der Waals surface area contributed by atoms with Crippen molar-refractivity contribution in [1.29, 1.82) is 0 Å². The van der Waals surface area contributed by atoms with Crippen LogP contribution in [-0.2, 0) is 9.53 Å². The van der Waals surface area contributed by atoms with Crippen LogP contribution in [0.3, 0.4) is 0 Å². The van der Waals surface area contributed by atoms with Gasteiger partial charge in [0.15, 0.2) is 0 Å². The van der Waals surface area contributed by atoms with E-state index in [9.17, 15) is 4.79 Å². The summed E-state index contributed by atoms with van der Waals surface area (Å²) in [6.07, 6.45) is 8.29. The molecule has 0 aromatic heterocycles. The Bertz CT molecular complexity index is 337. The summed E-state index contributed by atoms with van der Waals surface area (Å²) in [7, 11) is 1.53. The number of carbonyl (C=O) groups excluding carboxylic acids is 1. The molecule has 2 saturated heterocycles. The van der Waals surface area contributed by atoms with E-state index in [1.165, 1.54) is 52.3 Å². The molecule has 2 atom stereocenters. The number of likely N-dealkylation sites (tertiary alicyclic amines) is 1. The van der Waals surface area contributed by atoms with Crippen molar-refractivity contribution in [2.45, 2.75) is 56.5 Å². The lowest BCUT2D eigenvalue weighted by molar-refractivity contribution is -0.151. The highest BCUT2D eigenvalue weighted by molar-refractivity contribution is 5.81. The Morgan fingerprint density at radius 2 is 2.05 bits per heavy atom. The van der Waals surface area contributed by atoms with Gasteiger partial charge in [-0.05, 0) is 57.7 Å². The number of nitrogens with one attached hydrogen (secondary N) is 1. The number of nitrogens with zero attached hydrogens (tertiary/aromatic N) is 1. The van der Waals surface area contributed by atoms with Crippen LogP contribution < -0.4 is 5.32 Å². The maximum Gasteiger partial charge on any atom is 0.326 e. The SMILES string of the molecule is COC(=O)C1(CC2CC2)CC(N2CCCC2)CCN1. The van der Waals surface area contributed by atoms with Crippen LogP contribution in [0.5, 0.6) is 0 Å². The van der Waals surface area contributed by atoms with Crippen LogP contribution in [0.4, 0.5) is 0 Å². The first-order valence-corrected chi connectivity index (χ1v) is 7.81. The molecule has 2 unspecified atom stereocenters. The quantitative estimate of drug-likeness (QED) is 0.784. The molecule has 0 aromatic carbocycles. The zero-order chi connectivity index (χ0) is 13.3. The third-order valence-electron chi connectivity index (χ3n) is 5.09. The minimum Gasteiger partial charge on any atom is -0.468 e. The number of esters is 1. The Hall–Kier alpha value is -0.610. The molecule has 0 amide bonds. The highest BCUT2D eigenvalue weighted by atomic mass is 16.5. The minimum absolute atomic E-state index is 0.0386. The molecule has 3 aliphatic rings. The normalized spacial score (nSPS) is 36.4. The first-order chi connectivity index (χ1) is 9.23. The van der Waals surface area contributed by atoms with Crippen LogP contribution >= 0.6 is 0 Å². The Morgan fingerprint density at radius 3 is 2.68 bits per heavy atom. The van der Waals surface area contributed by atoms with Crippen molar-refractivity contribution in [3.05, 3.63) is 0 Å². The van der Waals surface area contributed by atoms with E-state index >= 15 is 0 Å². The number of carbonyl (C=O) groups is 1. The van der Waals surface area contributed by atoms with E-state index in [0.29, 0.717) is 6.04 Å². The molecule has 2 aliphatic heterocycles. The summed E-state index contributed by atoms with van der Waals surface area (Å²) in [6.45, 7) is 3.37. The maximum atomic E-state index is 12.3. The highest BCUT2D eigenvalue weighted by Crippen LogP contribution is 2.41. The molecule has 4 nitrogen and oxygen atoms in total. The molecule has 3 fully saturated rings. The molecular formula is C15H26N2O2. The molecule has 1 N–H and O–H groups in total. The standard InChI is InChI=1S/C15H26N2O2/c1-19-14(18)15(10-12-4-5-12)11-13(6-7-16-15)17-8-2-3-9-17/h12-13,16H,2-11H2,1H3. The van der Waals surface area contributed by atoms with Gasteiger partial charge in [-0.15, -0.1) is 0 Å². The summed E-state index contributed by atoms with van der Waals surface area (Å²) in [6, 6.07) is 0.571. The van der Waals surface area contributed by atoms with E-state index in [1.807, 2.05) is 0 Å². The maximum absolute atomic E-state index is 12.3. The first kappa shape index (κ1) is 13.4. The highest BCUT2D eigenvalue weighted by Gasteiger charge is 2.48. The predicted octanol–water partition coefficient (Wildman–Crippen LogP) is 1.55. The number of methoxy groups -OCH3 is 1. The number of rotatable bonds is 4. The average molecular weight is 266 g/mol. The zero-order valence-electron chi connectivity index (χ0n) is 12.0. The van der Waals surface area contributed by atoms with E-state index in [1.54, 1.807) is 0 Å². The molecule has 0 spiro atoms. The number of hydrogen-bond donors (Lipinski definition) is 1. The summed E-state index contributed by atoms with van der Waals surface area (Å²) in [5.74, 6) is 0.701. The predicted molar refractivity (Wildman–Crippen MR) is 73.9 cm³/mol. The van der Waals surface area contributed by atoms with Gasteiger partial charge in [0.2, 0.25) is 0 Å². The smallest absolute Gasteiger partial charge is 0.326 e. The van der Waals surface area contributed by atoms with Crippen molar-refractivity contribution in [2.24, 2.45) is 5.92 Å². The second-order valence-electron chi connectivity index (χ2n) is 6.54. The Morgan fingerprint density at radius 1 is 1.32 bits per heavy atom. The van der Waals surface area contributed by atoms with Crippen LogP contribution in [0.25, 0.3) is 0 Å². The van der Waals surface area contributed by atoms with Crippen LogP contribution in [0.1, 0.15) is 44.9 Å². The van der Waals surface area contributed by atoms with Crippen molar-refractivity contribution in [3.8, 4) is 0 Å². The summed E-state index contributed by atoms with van der Waals surface area (Å²) >= 11 is 0. The lowest BCUT2D eigenvalue weighted by atomic mass is 9.81. The van der Waals surface area contributed by atoms with Crippen molar-refractivity contribution >= 4 is 5.97 Å². The molecule has 1 saturated carbocycles. The Labute approximate surface area is 115 Å². The van der Waals surface area contributed by atoms with E-state index in [4.69, 9.17) is 4.74 Å². The Balaban J connectivity index is 1.72. The van der Waals surface area contributed by atoms with Crippen LogP contribution in [0.15, 0.2) is 0 Å². The van der Waals surface area contributed by atoms with Gasteiger partial charge in [-0.3, -0.25) is 4.79 Å². The molecule has 0 aromatic rings. The largest absolute Gasteiger partial charge is 0.468 e. The average Bonchev–Trinajstić information content (AvgIpc) is 3.08. The van der Waals surface area contributed by atoms with Gasteiger partial charge in [0.1, 0.15) is 5.54 Å². The fraction of sp³-hybridized carbons (Fsp3) is 0.933. The van der Waals surface area contributed by atoms with E-state index < -0.39 is 5.54 Å². The molecule has 108 valence electrons. The van der Waals surface area contributed by atoms with Crippen LogP contribution in [0, 0.1) is 5.92 Å². The molecule has 3 rings (SSSR count). The molecule has 2 heterocycles. The van der Waals surface area contributed by atoms with Gasteiger partial charge in [-0.25, -0.2) is 0 Å². The van der Waals surface area contributed by atoms with Crippen molar-refractivity contribution in [2.75, 3.05) is 26.7 Å². The monoisotopic (exact) mass is 266 g/mol. The molecule has 19 heavy (non-hydrogen) atoms. The van der Waals surface area contributed by atoms with E-state index in [-0.39, 0.29) is 5.97 Å². The van der Waals surface area contributed by atoms with Crippen LogP contribution in [-0.4, -0.2) is 49.2 Å². The molecular weight excluding hydrogens is 240 g/mol. The van der Waals surface area contributed by atoms with Crippen molar-refractivity contribution in [3.63, 3.8) is 0 Å². The summed E-state index contributed by atoms with van der Waals surface area (Å²) in [5.41, 5.74) is -0.401. The lowest BCUT2D eigenvalue weighted by Gasteiger charge is -2.43. The third-order valence-corrected chi connectivity index (χ3v) is 5.09. The van der Waals surface area contributed by atoms with Gasteiger partial charge < -0.3 is 15.0 Å². The third kappa shape index (κ3) is 2.79. The molecule has 0 radical (unpaired) electrons. The number of hydrogen-bond acceptors (Lipinski definition) is 4.